The molecule has 2 heterocycles. The van der Waals surface area contributed by atoms with E-state index in [1.54, 1.807) is 30.3 Å². The van der Waals surface area contributed by atoms with Crippen LogP contribution in [0.1, 0.15) is 25.7 Å². The number of nitrogens with zero attached hydrogens (tertiary/aromatic N) is 2. The molecule has 8 heteroatoms. The second-order valence-corrected chi connectivity index (χ2v) is 7.85. The highest BCUT2D eigenvalue weighted by Gasteiger charge is 2.15. The summed E-state index contributed by atoms with van der Waals surface area (Å²) in [6.07, 6.45) is 3.65. The molecule has 2 aromatic carbocycles. The Morgan fingerprint density at radius 2 is 1.83 bits per heavy atom. The Hall–Kier alpha value is -3.06. The van der Waals surface area contributed by atoms with Gasteiger partial charge in [0.2, 0.25) is 5.91 Å². The molecule has 0 aliphatic carbocycles. The largest absolute Gasteiger partial charge is 0.370 e. The number of piperidine rings is 1. The number of benzene rings is 2. The average molecular weight is 427 g/mol. The molecule has 1 aromatic heterocycles. The van der Waals surface area contributed by atoms with Gasteiger partial charge in [-0.15, -0.1) is 0 Å². The van der Waals surface area contributed by atoms with Gasteiger partial charge in [0, 0.05) is 31.7 Å². The Morgan fingerprint density at radius 1 is 1.07 bits per heavy atom. The van der Waals surface area contributed by atoms with Crippen LogP contribution in [0.25, 0.3) is 10.9 Å². The lowest BCUT2D eigenvalue weighted by Crippen LogP contribution is -2.31. The van der Waals surface area contributed by atoms with Gasteiger partial charge in [-0.1, -0.05) is 23.7 Å². The first-order valence-electron chi connectivity index (χ1n) is 10.1. The van der Waals surface area contributed by atoms with Gasteiger partial charge >= 0.3 is 5.69 Å². The first kappa shape index (κ1) is 20.2. The zero-order valence-electron chi connectivity index (χ0n) is 16.5. The van der Waals surface area contributed by atoms with Crippen LogP contribution in [0.3, 0.4) is 0 Å². The van der Waals surface area contributed by atoms with Gasteiger partial charge in [-0.25, -0.2) is 4.79 Å². The summed E-state index contributed by atoms with van der Waals surface area (Å²) in [5.74, 6) is -0.237. The molecular weight excluding hydrogens is 404 g/mol. The summed E-state index contributed by atoms with van der Waals surface area (Å²) >= 11 is 6.45. The Bertz CT molecular complexity index is 1190. The minimum absolute atomic E-state index is 0.0848. The summed E-state index contributed by atoms with van der Waals surface area (Å²) < 4.78 is 1.41. The SMILES string of the molecule is O=C(CCn1c(=O)[nH]c(=O)c2ccccc21)Nc1ccc(N2CCCCC2)c(Cl)c1. The highest BCUT2D eigenvalue weighted by Crippen LogP contribution is 2.30. The number of hydrogen-bond donors (Lipinski definition) is 2. The number of amides is 1. The Labute approximate surface area is 178 Å². The van der Waals surface area contributed by atoms with Gasteiger partial charge in [0.05, 0.1) is 21.6 Å². The van der Waals surface area contributed by atoms with Crippen molar-refractivity contribution < 1.29 is 4.79 Å². The van der Waals surface area contributed by atoms with E-state index in [-0.39, 0.29) is 18.9 Å². The van der Waals surface area contributed by atoms with Gasteiger partial charge in [-0.3, -0.25) is 19.1 Å². The van der Waals surface area contributed by atoms with Crippen molar-refractivity contribution in [1.82, 2.24) is 9.55 Å². The molecule has 0 bridgehead atoms. The lowest BCUT2D eigenvalue weighted by Gasteiger charge is -2.29. The Morgan fingerprint density at radius 3 is 2.60 bits per heavy atom. The maximum atomic E-state index is 12.4. The molecule has 3 aromatic rings. The lowest BCUT2D eigenvalue weighted by molar-refractivity contribution is -0.116. The van der Waals surface area contributed by atoms with Crippen LogP contribution in [0, 0.1) is 0 Å². The van der Waals surface area contributed by atoms with Crippen molar-refractivity contribution in [3.8, 4) is 0 Å². The molecule has 1 amide bonds. The van der Waals surface area contributed by atoms with Crippen LogP contribution in [-0.4, -0.2) is 28.5 Å². The zero-order chi connectivity index (χ0) is 21.1. The molecule has 2 N–H and O–H groups in total. The van der Waals surface area contributed by atoms with Gasteiger partial charge < -0.3 is 10.2 Å². The van der Waals surface area contributed by atoms with Crippen molar-refractivity contribution in [3.05, 3.63) is 68.3 Å². The first-order valence-corrected chi connectivity index (χ1v) is 10.5. The van der Waals surface area contributed by atoms with E-state index in [0.717, 1.165) is 31.6 Å². The third-order valence-corrected chi connectivity index (χ3v) is 5.70. The fourth-order valence-electron chi connectivity index (χ4n) is 3.88. The molecule has 30 heavy (non-hydrogen) atoms. The van der Waals surface area contributed by atoms with E-state index in [1.165, 1.54) is 11.0 Å². The molecule has 156 valence electrons. The normalized spacial score (nSPS) is 14.1. The molecule has 1 fully saturated rings. The smallest absolute Gasteiger partial charge is 0.328 e. The van der Waals surface area contributed by atoms with Gasteiger partial charge in [0.15, 0.2) is 0 Å². The second-order valence-electron chi connectivity index (χ2n) is 7.44. The van der Waals surface area contributed by atoms with Gasteiger partial charge in [0.25, 0.3) is 5.56 Å². The van der Waals surface area contributed by atoms with Crippen LogP contribution in [0.4, 0.5) is 11.4 Å². The third-order valence-electron chi connectivity index (χ3n) is 5.40. The highest BCUT2D eigenvalue weighted by atomic mass is 35.5. The van der Waals surface area contributed by atoms with Crippen molar-refractivity contribution in [1.29, 1.82) is 0 Å². The number of carbonyl (C=O) groups excluding carboxylic acids is 1. The molecular formula is C22H23ClN4O3. The molecule has 0 saturated carbocycles. The van der Waals surface area contributed by atoms with Crippen LogP contribution in [0.15, 0.2) is 52.1 Å². The summed E-state index contributed by atoms with van der Waals surface area (Å²) in [5.41, 5.74) is 1.15. The quantitative estimate of drug-likeness (QED) is 0.654. The standard InChI is InChI=1S/C22H23ClN4O3/c23-17-14-15(8-9-19(17)26-11-4-1-5-12-26)24-20(28)10-13-27-18-7-3-2-6-16(18)21(29)25-22(27)30/h2-3,6-9,14H,1,4-5,10-13H2,(H,24,28)(H,25,29,30). The van der Waals surface area contributed by atoms with E-state index < -0.39 is 11.2 Å². The van der Waals surface area contributed by atoms with Crippen LogP contribution in [-0.2, 0) is 11.3 Å². The minimum Gasteiger partial charge on any atom is -0.370 e. The summed E-state index contributed by atoms with van der Waals surface area (Å²) in [6.45, 7) is 2.14. The number of aromatic nitrogens is 2. The lowest BCUT2D eigenvalue weighted by atomic mass is 10.1. The zero-order valence-corrected chi connectivity index (χ0v) is 17.2. The molecule has 7 nitrogen and oxygen atoms in total. The minimum atomic E-state index is -0.527. The van der Waals surface area contributed by atoms with Crippen molar-refractivity contribution in [2.75, 3.05) is 23.3 Å². The van der Waals surface area contributed by atoms with Gasteiger partial charge in [-0.05, 0) is 49.6 Å². The number of aromatic amines is 1. The van der Waals surface area contributed by atoms with E-state index in [1.807, 2.05) is 12.1 Å². The first-order chi connectivity index (χ1) is 14.5. The maximum Gasteiger partial charge on any atom is 0.328 e. The van der Waals surface area contributed by atoms with E-state index in [0.29, 0.717) is 21.6 Å². The van der Waals surface area contributed by atoms with Crippen LogP contribution < -0.4 is 21.5 Å². The number of nitrogens with one attached hydrogen (secondary N) is 2. The van der Waals surface area contributed by atoms with E-state index in [2.05, 4.69) is 15.2 Å². The van der Waals surface area contributed by atoms with Crippen LogP contribution in [0.2, 0.25) is 5.02 Å². The number of para-hydroxylation sites is 1. The maximum absolute atomic E-state index is 12.4. The monoisotopic (exact) mass is 426 g/mol. The summed E-state index contributed by atoms with van der Waals surface area (Å²) in [6, 6.07) is 12.4. The molecule has 4 rings (SSSR count). The number of fused-ring (bicyclic) bond motifs is 1. The van der Waals surface area contributed by atoms with E-state index in [4.69, 9.17) is 11.6 Å². The Balaban J connectivity index is 1.45. The van der Waals surface area contributed by atoms with Crippen molar-refractivity contribution in [2.45, 2.75) is 32.2 Å². The fraction of sp³-hybridized carbons (Fsp3) is 0.318. The highest BCUT2D eigenvalue weighted by molar-refractivity contribution is 6.33. The average Bonchev–Trinajstić information content (AvgIpc) is 2.74. The summed E-state index contributed by atoms with van der Waals surface area (Å²) in [5, 5.41) is 3.86. The van der Waals surface area contributed by atoms with Crippen LogP contribution >= 0.6 is 11.6 Å². The molecule has 0 radical (unpaired) electrons. The van der Waals surface area contributed by atoms with Gasteiger partial charge in [-0.2, -0.15) is 0 Å². The molecule has 0 spiro atoms. The predicted molar refractivity (Wildman–Crippen MR) is 120 cm³/mol. The molecule has 1 saturated heterocycles. The number of rotatable bonds is 5. The summed E-state index contributed by atoms with van der Waals surface area (Å²) in [7, 11) is 0. The van der Waals surface area contributed by atoms with Crippen molar-refractivity contribution in [2.24, 2.45) is 0 Å². The number of halogens is 1. The molecule has 0 atom stereocenters. The number of carbonyl (C=O) groups is 1. The third kappa shape index (κ3) is 4.26. The van der Waals surface area contributed by atoms with Crippen LogP contribution in [0.5, 0.6) is 0 Å². The molecule has 1 aliphatic heterocycles. The van der Waals surface area contributed by atoms with Gasteiger partial charge in [0.1, 0.15) is 0 Å². The summed E-state index contributed by atoms with van der Waals surface area (Å²) in [4.78, 5) is 41.2. The predicted octanol–water partition coefficient (Wildman–Crippen LogP) is 3.36. The number of hydrogen-bond acceptors (Lipinski definition) is 4. The topological polar surface area (TPSA) is 87.2 Å². The number of anilines is 2. The Kier molecular flexibility index (Phi) is 5.90. The van der Waals surface area contributed by atoms with E-state index in [9.17, 15) is 14.4 Å². The fourth-order valence-corrected chi connectivity index (χ4v) is 4.18. The second kappa shape index (κ2) is 8.75. The number of aryl methyl sites for hydroxylation is 1. The molecule has 0 unspecified atom stereocenters. The molecule has 1 aliphatic rings. The van der Waals surface area contributed by atoms with E-state index >= 15 is 0 Å². The van der Waals surface area contributed by atoms with Crippen molar-refractivity contribution in [3.63, 3.8) is 0 Å². The number of H-pyrrole nitrogens is 1. The van der Waals surface area contributed by atoms with Crippen molar-refractivity contribution >= 4 is 39.8 Å².